The van der Waals surface area contributed by atoms with Crippen LogP contribution in [-0.2, 0) is 9.53 Å². The Labute approximate surface area is 193 Å². The van der Waals surface area contributed by atoms with Crippen LogP contribution < -0.4 is 0 Å². The van der Waals surface area contributed by atoms with Gasteiger partial charge in [-0.15, -0.1) is 0 Å². The van der Waals surface area contributed by atoms with E-state index in [2.05, 4.69) is 11.3 Å². The Bertz CT molecular complexity index is 943. The molecule has 0 aromatic carbocycles. The fraction of sp³-hybridized carbons (Fsp3) is 0.800. The van der Waals surface area contributed by atoms with Crippen LogP contribution in [0.3, 0.4) is 0 Å². The standard InChI is InChI=1S/C15H5F21O2/c1-3(2)4(37)38-15(35,36)8(21,22)5(16)6(17,18)9(23,24)11(27,28)13(31,32)14(33,34)12(29,30)10(25,26)7(5,19)20/h1H2,2H3. The van der Waals surface area contributed by atoms with Crippen molar-refractivity contribution in [3.8, 4) is 0 Å². The van der Waals surface area contributed by atoms with Crippen molar-refractivity contribution < 1.29 is 102 Å². The van der Waals surface area contributed by atoms with E-state index in [0.717, 1.165) is 0 Å². The minimum atomic E-state index is -9.68. The summed E-state index contributed by atoms with van der Waals surface area (Å²) in [6.45, 7) is 2.48. The van der Waals surface area contributed by atoms with Gasteiger partial charge in [-0.05, 0) is 6.92 Å². The van der Waals surface area contributed by atoms with Crippen LogP contribution in [0.2, 0.25) is 0 Å². The van der Waals surface area contributed by atoms with E-state index in [0.29, 0.717) is 0 Å². The molecule has 0 saturated heterocycles. The molecule has 0 N–H and O–H groups in total. The maximum atomic E-state index is 14.8. The van der Waals surface area contributed by atoms with Gasteiger partial charge in [0.1, 0.15) is 0 Å². The molecule has 0 aromatic rings. The lowest BCUT2D eigenvalue weighted by molar-refractivity contribution is -0.476. The van der Waals surface area contributed by atoms with Gasteiger partial charge in [0.15, 0.2) is 0 Å². The summed E-state index contributed by atoms with van der Waals surface area (Å²) >= 11 is 0. The van der Waals surface area contributed by atoms with Gasteiger partial charge < -0.3 is 4.74 Å². The Kier molecular flexibility index (Phi) is 7.02. The summed E-state index contributed by atoms with van der Waals surface area (Å²) in [6.07, 6.45) is -7.94. The fourth-order valence-corrected chi connectivity index (χ4v) is 2.68. The molecule has 1 aliphatic rings. The molecular weight excluding hydrogens is 611 g/mol. The Morgan fingerprint density at radius 3 is 0.947 bits per heavy atom. The van der Waals surface area contributed by atoms with E-state index in [1.165, 1.54) is 0 Å². The molecule has 1 rings (SSSR count). The average molecular weight is 616 g/mol. The van der Waals surface area contributed by atoms with Crippen molar-refractivity contribution >= 4 is 5.97 Å². The van der Waals surface area contributed by atoms with Gasteiger partial charge in [0, 0.05) is 5.57 Å². The molecule has 38 heavy (non-hydrogen) atoms. The molecule has 0 amide bonds. The lowest BCUT2D eigenvalue weighted by Gasteiger charge is -2.48. The molecule has 224 valence electrons. The number of hydrogen-bond donors (Lipinski definition) is 0. The number of ether oxygens (including phenoxy) is 1. The number of halogens is 21. The highest BCUT2D eigenvalue weighted by molar-refractivity contribution is 5.87. The third kappa shape index (κ3) is 3.23. The van der Waals surface area contributed by atoms with Gasteiger partial charge in [0.25, 0.3) is 0 Å². The quantitative estimate of drug-likeness (QED) is 0.191. The first-order valence-corrected chi connectivity index (χ1v) is 8.43. The van der Waals surface area contributed by atoms with Gasteiger partial charge in [-0.25, -0.2) is 9.18 Å². The third-order valence-electron chi connectivity index (χ3n) is 4.99. The normalized spacial score (nSPS) is 28.3. The van der Waals surface area contributed by atoms with Crippen LogP contribution in [0.1, 0.15) is 6.92 Å². The van der Waals surface area contributed by atoms with Crippen LogP contribution in [0.15, 0.2) is 12.2 Å². The van der Waals surface area contributed by atoms with Gasteiger partial charge in [0.2, 0.25) is 0 Å². The summed E-state index contributed by atoms with van der Waals surface area (Å²) in [4.78, 5) is 11.0. The lowest BCUT2D eigenvalue weighted by Crippen LogP contribution is -2.82. The van der Waals surface area contributed by atoms with Crippen molar-refractivity contribution in [1.29, 1.82) is 0 Å². The monoisotopic (exact) mass is 616 g/mol. The molecule has 23 heteroatoms. The van der Waals surface area contributed by atoms with Gasteiger partial charge >= 0.3 is 71.0 Å². The number of hydrogen-bond acceptors (Lipinski definition) is 2. The van der Waals surface area contributed by atoms with Gasteiger partial charge in [-0.1, -0.05) is 6.58 Å². The first-order chi connectivity index (χ1) is 16.1. The van der Waals surface area contributed by atoms with Crippen molar-refractivity contribution in [2.45, 2.75) is 72.0 Å². The highest BCUT2D eigenvalue weighted by Gasteiger charge is 3.06. The second-order valence-electron chi connectivity index (χ2n) is 7.51. The van der Waals surface area contributed by atoms with Crippen LogP contribution in [0.4, 0.5) is 92.2 Å². The maximum Gasteiger partial charge on any atom is 0.470 e. The van der Waals surface area contributed by atoms with Crippen LogP contribution >= 0.6 is 0 Å². The minimum Gasteiger partial charge on any atom is -0.393 e. The van der Waals surface area contributed by atoms with Crippen molar-refractivity contribution in [3.05, 3.63) is 12.2 Å². The molecule has 0 bridgehead atoms. The number of rotatable bonds is 4. The molecule has 1 saturated carbocycles. The Morgan fingerprint density at radius 1 is 0.526 bits per heavy atom. The molecule has 0 aliphatic heterocycles. The number of carbonyl (C=O) groups excluding carboxylic acids is 1. The van der Waals surface area contributed by atoms with Gasteiger partial charge in [0.05, 0.1) is 0 Å². The Hall–Kier alpha value is -2.26. The zero-order chi connectivity index (χ0) is 31.4. The summed E-state index contributed by atoms with van der Waals surface area (Å²) in [5.41, 5.74) is -11.3. The summed E-state index contributed by atoms with van der Waals surface area (Å²) in [5, 5.41) is 0. The van der Waals surface area contributed by atoms with E-state index in [-0.39, 0.29) is 6.92 Å². The van der Waals surface area contributed by atoms with E-state index in [4.69, 9.17) is 0 Å². The first kappa shape index (κ1) is 33.8. The van der Waals surface area contributed by atoms with Crippen molar-refractivity contribution in [2.75, 3.05) is 0 Å². The van der Waals surface area contributed by atoms with Crippen molar-refractivity contribution in [2.24, 2.45) is 0 Å². The number of alkyl halides is 21. The molecule has 2 nitrogen and oxygen atoms in total. The minimum absolute atomic E-state index is 0.165. The Morgan fingerprint density at radius 2 is 0.737 bits per heavy atom. The molecule has 0 spiro atoms. The number of esters is 1. The van der Waals surface area contributed by atoms with Crippen molar-refractivity contribution in [3.63, 3.8) is 0 Å². The lowest BCUT2D eigenvalue weighted by atomic mass is 9.76. The van der Waals surface area contributed by atoms with E-state index in [1.54, 1.807) is 0 Å². The molecule has 0 unspecified atom stereocenters. The smallest absolute Gasteiger partial charge is 0.393 e. The summed E-state index contributed by atoms with van der Waals surface area (Å²) in [7, 11) is 0. The largest absolute Gasteiger partial charge is 0.470 e. The second-order valence-corrected chi connectivity index (χ2v) is 7.51. The van der Waals surface area contributed by atoms with Crippen LogP contribution in [0.25, 0.3) is 0 Å². The molecule has 0 aromatic heterocycles. The van der Waals surface area contributed by atoms with E-state index >= 15 is 0 Å². The number of carbonyl (C=O) groups is 1. The molecule has 1 fully saturated rings. The SMILES string of the molecule is C=C(C)C(=O)OC(F)(F)C(F)(F)C1(F)C(F)(F)C(F)(F)C(F)(F)C(F)(F)C(F)(F)C(F)(F)C(F)(F)C1(F)F. The van der Waals surface area contributed by atoms with E-state index in [9.17, 15) is 97.0 Å². The predicted molar refractivity (Wildman–Crippen MR) is 74.2 cm³/mol. The predicted octanol–water partition coefficient (Wildman–Crippen LogP) is 7.14. The maximum absolute atomic E-state index is 14.8. The van der Waals surface area contributed by atoms with E-state index < -0.39 is 76.6 Å². The Balaban J connectivity index is 4.54. The summed E-state index contributed by atoms with van der Waals surface area (Å²) in [6, 6.07) is 0. The highest BCUT2D eigenvalue weighted by Crippen LogP contribution is 2.73. The molecular formula is C15H5F21O2. The van der Waals surface area contributed by atoms with Crippen molar-refractivity contribution in [1.82, 2.24) is 0 Å². The molecule has 1 aliphatic carbocycles. The average Bonchev–Trinajstić information content (AvgIpc) is 2.70. The molecule has 0 heterocycles. The van der Waals surface area contributed by atoms with E-state index in [1.807, 2.05) is 0 Å². The first-order valence-electron chi connectivity index (χ1n) is 8.43. The summed E-state index contributed by atoms with van der Waals surface area (Å²) in [5.74, 6) is -86.4. The topological polar surface area (TPSA) is 26.3 Å². The fourth-order valence-electron chi connectivity index (χ4n) is 2.68. The third-order valence-corrected chi connectivity index (χ3v) is 4.99. The van der Waals surface area contributed by atoms with Gasteiger partial charge in [-0.2, -0.15) is 87.8 Å². The van der Waals surface area contributed by atoms with Gasteiger partial charge in [-0.3, -0.25) is 0 Å². The van der Waals surface area contributed by atoms with Crippen LogP contribution in [0.5, 0.6) is 0 Å². The van der Waals surface area contributed by atoms with Crippen LogP contribution in [-0.4, -0.2) is 71.0 Å². The van der Waals surface area contributed by atoms with Crippen LogP contribution in [0, 0.1) is 0 Å². The highest BCUT2D eigenvalue weighted by atomic mass is 19.4. The second kappa shape index (κ2) is 7.90. The molecule has 0 atom stereocenters. The molecule has 0 radical (unpaired) electrons. The zero-order valence-electron chi connectivity index (χ0n) is 17.0. The summed E-state index contributed by atoms with van der Waals surface area (Å²) < 4.78 is 293. The zero-order valence-corrected chi connectivity index (χ0v) is 17.0.